The summed E-state index contributed by atoms with van der Waals surface area (Å²) in [6.07, 6.45) is 6.19. The maximum Gasteiger partial charge on any atom is 0.286 e. The van der Waals surface area contributed by atoms with E-state index in [-0.39, 0.29) is 22.6 Å². The van der Waals surface area contributed by atoms with Crippen LogP contribution in [-0.2, 0) is 14.8 Å². The molecule has 4 rings (SSSR count). The van der Waals surface area contributed by atoms with Gasteiger partial charge in [-0.1, -0.05) is 19.8 Å². The molecule has 0 saturated heterocycles. The molecule has 0 unspecified atom stereocenters. The molecule has 148 valence electrons. The monoisotopic (exact) mass is 401 g/mol. The first-order chi connectivity index (χ1) is 13.5. The van der Waals surface area contributed by atoms with Gasteiger partial charge in [-0.05, 0) is 49.6 Å². The molecule has 1 aliphatic carbocycles. The second kappa shape index (κ2) is 7.43. The highest BCUT2D eigenvalue weighted by molar-refractivity contribution is 7.90. The molecule has 0 atom stereocenters. The standard InChI is InChI=1S/C20H23N3O4S/c1-2-11-23-16-10-9-15(21-20(24)14-6-3-4-7-14)13-18(16)28(25,26)22-19(23)17-8-5-12-27-17/h5,8-10,12-14H,2-4,6-7,11H2,1H3,(H,21,24). The highest BCUT2D eigenvalue weighted by atomic mass is 32.2. The van der Waals surface area contributed by atoms with Crippen molar-refractivity contribution in [2.24, 2.45) is 10.3 Å². The van der Waals surface area contributed by atoms with E-state index in [0.717, 1.165) is 32.1 Å². The third-order valence-corrected chi connectivity index (χ3v) is 6.47. The Balaban J connectivity index is 1.70. The number of benzene rings is 1. The van der Waals surface area contributed by atoms with Gasteiger partial charge in [-0.3, -0.25) is 4.79 Å². The van der Waals surface area contributed by atoms with Crippen LogP contribution in [0.25, 0.3) is 0 Å². The van der Waals surface area contributed by atoms with Crippen molar-refractivity contribution < 1.29 is 17.6 Å². The van der Waals surface area contributed by atoms with Crippen LogP contribution in [-0.4, -0.2) is 26.7 Å². The third kappa shape index (κ3) is 3.44. The number of carbonyl (C=O) groups excluding carboxylic acids is 1. The minimum Gasteiger partial charge on any atom is -0.461 e. The number of sulfonamides is 1. The van der Waals surface area contributed by atoms with Crippen molar-refractivity contribution in [3.8, 4) is 0 Å². The Morgan fingerprint density at radius 1 is 1.29 bits per heavy atom. The van der Waals surface area contributed by atoms with Crippen LogP contribution in [0.5, 0.6) is 0 Å². The molecule has 7 nitrogen and oxygen atoms in total. The molecule has 1 fully saturated rings. The fraction of sp³-hybridized carbons (Fsp3) is 0.400. The van der Waals surface area contributed by atoms with Crippen molar-refractivity contribution in [1.29, 1.82) is 0 Å². The van der Waals surface area contributed by atoms with Gasteiger partial charge in [0.1, 0.15) is 4.90 Å². The summed E-state index contributed by atoms with van der Waals surface area (Å²) in [5, 5.41) is 2.87. The van der Waals surface area contributed by atoms with Gasteiger partial charge in [-0.15, -0.1) is 4.40 Å². The van der Waals surface area contributed by atoms with Crippen LogP contribution in [0, 0.1) is 5.92 Å². The predicted octanol–water partition coefficient (Wildman–Crippen LogP) is 3.77. The maximum absolute atomic E-state index is 12.9. The molecule has 0 bridgehead atoms. The number of furan rings is 1. The lowest BCUT2D eigenvalue weighted by atomic mass is 10.1. The highest BCUT2D eigenvalue weighted by Gasteiger charge is 2.33. The van der Waals surface area contributed by atoms with Crippen molar-refractivity contribution in [2.75, 3.05) is 16.8 Å². The lowest BCUT2D eigenvalue weighted by Crippen LogP contribution is -2.37. The Hall–Kier alpha value is -2.61. The molecule has 0 radical (unpaired) electrons. The first-order valence-corrected chi connectivity index (χ1v) is 11.0. The van der Waals surface area contributed by atoms with E-state index in [0.29, 0.717) is 23.7 Å². The molecule has 1 aromatic carbocycles. The quantitative estimate of drug-likeness (QED) is 0.823. The average molecular weight is 401 g/mol. The predicted molar refractivity (Wildman–Crippen MR) is 107 cm³/mol. The molecule has 1 aromatic heterocycles. The second-order valence-electron chi connectivity index (χ2n) is 7.17. The Labute approximate surface area is 164 Å². The van der Waals surface area contributed by atoms with Crippen molar-refractivity contribution in [3.05, 3.63) is 42.4 Å². The lowest BCUT2D eigenvalue weighted by Gasteiger charge is -2.30. The third-order valence-electron chi connectivity index (χ3n) is 5.17. The number of amidine groups is 1. The number of carbonyl (C=O) groups is 1. The van der Waals surface area contributed by atoms with Gasteiger partial charge in [0, 0.05) is 18.2 Å². The van der Waals surface area contributed by atoms with Gasteiger partial charge in [-0.2, -0.15) is 8.42 Å². The Bertz CT molecular complexity index is 1010. The summed E-state index contributed by atoms with van der Waals surface area (Å²) in [7, 11) is -3.91. The van der Waals surface area contributed by atoms with Gasteiger partial charge in [-0.25, -0.2) is 0 Å². The van der Waals surface area contributed by atoms with Gasteiger partial charge < -0.3 is 14.6 Å². The molecule has 1 N–H and O–H groups in total. The largest absolute Gasteiger partial charge is 0.461 e. The van der Waals surface area contributed by atoms with Crippen molar-refractivity contribution in [3.63, 3.8) is 0 Å². The number of fused-ring (bicyclic) bond motifs is 1. The van der Waals surface area contributed by atoms with Crippen LogP contribution in [0.2, 0.25) is 0 Å². The first kappa shape index (κ1) is 18.7. The number of amides is 1. The summed E-state index contributed by atoms with van der Waals surface area (Å²) in [5.74, 6) is 0.645. The summed E-state index contributed by atoms with van der Waals surface area (Å²) in [6.45, 7) is 2.61. The van der Waals surface area contributed by atoms with Crippen molar-refractivity contribution >= 4 is 33.1 Å². The summed E-state index contributed by atoms with van der Waals surface area (Å²) in [6, 6.07) is 8.37. The molecule has 1 aliphatic heterocycles. The maximum atomic E-state index is 12.9. The SMILES string of the molecule is CCCN1C(c2ccco2)=NS(=O)(=O)c2cc(NC(=O)C3CCCC3)ccc21. The van der Waals surface area contributed by atoms with Gasteiger partial charge >= 0.3 is 0 Å². The summed E-state index contributed by atoms with van der Waals surface area (Å²) >= 11 is 0. The molecule has 28 heavy (non-hydrogen) atoms. The van der Waals surface area contributed by atoms with E-state index in [4.69, 9.17) is 4.42 Å². The highest BCUT2D eigenvalue weighted by Crippen LogP contribution is 2.36. The summed E-state index contributed by atoms with van der Waals surface area (Å²) in [5.41, 5.74) is 1.02. The van der Waals surface area contributed by atoms with Crippen LogP contribution in [0.4, 0.5) is 11.4 Å². The zero-order valence-electron chi connectivity index (χ0n) is 15.7. The molecular formula is C20H23N3O4S. The normalized spacial score (nSPS) is 18.6. The lowest BCUT2D eigenvalue weighted by molar-refractivity contribution is -0.119. The first-order valence-electron chi connectivity index (χ1n) is 9.61. The molecule has 2 aromatic rings. The molecule has 1 saturated carbocycles. The fourth-order valence-corrected chi connectivity index (χ4v) is 5.05. The zero-order chi connectivity index (χ0) is 19.7. The second-order valence-corrected chi connectivity index (χ2v) is 8.74. The van der Waals surface area contributed by atoms with E-state index < -0.39 is 10.0 Å². The molecular weight excluding hydrogens is 378 g/mol. The van der Waals surface area contributed by atoms with E-state index in [1.807, 2.05) is 11.8 Å². The minimum atomic E-state index is -3.91. The van der Waals surface area contributed by atoms with Gasteiger partial charge in [0.2, 0.25) is 5.91 Å². The van der Waals surface area contributed by atoms with Gasteiger partial charge in [0.15, 0.2) is 11.6 Å². The van der Waals surface area contributed by atoms with E-state index in [9.17, 15) is 13.2 Å². The Morgan fingerprint density at radius 3 is 2.75 bits per heavy atom. The smallest absolute Gasteiger partial charge is 0.286 e. The van der Waals surface area contributed by atoms with Crippen LogP contribution in [0.3, 0.4) is 0 Å². The van der Waals surface area contributed by atoms with Gasteiger partial charge in [0.05, 0.1) is 12.0 Å². The van der Waals surface area contributed by atoms with E-state index in [2.05, 4.69) is 9.71 Å². The number of hydrogen-bond donors (Lipinski definition) is 1. The van der Waals surface area contributed by atoms with Crippen LogP contribution >= 0.6 is 0 Å². The van der Waals surface area contributed by atoms with Crippen LogP contribution in [0.15, 0.2) is 50.3 Å². The molecule has 2 aliphatic rings. The van der Waals surface area contributed by atoms with Crippen LogP contribution in [0.1, 0.15) is 44.8 Å². The minimum absolute atomic E-state index is 0.00723. The number of nitrogens with one attached hydrogen (secondary N) is 1. The number of nitrogens with zero attached hydrogens (tertiary/aromatic N) is 2. The number of rotatable bonds is 5. The molecule has 1 amide bonds. The van der Waals surface area contributed by atoms with Crippen molar-refractivity contribution in [1.82, 2.24) is 0 Å². The topological polar surface area (TPSA) is 92.0 Å². The molecule has 8 heteroatoms. The summed E-state index contributed by atoms with van der Waals surface area (Å²) < 4.78 is 35.1. The fourth-order valence-electron chi connectivity index (χ4n) is 3.81. The van der Waals surface area contributed by atoms with Crippen LogP contribution < -0.4 is 10.2 Å². The van der Waals surface area contributed by atoms with E-state index >= 15 is 0 Å². The van der Waals surface area contributed by atoms with E-state index in [1.165, 1.54) is 12.3 Å². The number of anilines is 2. The number of hydrogen-bond acceptors (Lipinski definition) is 5. The summed E-state index contributed by atoms with van der Waals surface area (Å²) in [4.78, 5) is 14.4. The average Bonchev–Trinajstić information content (AvgIpc) is 3.38. The Morgan fingerprint density at radius 2 is 2.07 bits per heavy atom. The van der Waals surface area contributed by atoms with Gasteiger partial charge in [0.25, 0.3) is 10.0 Å². The molecule has 0 spiro atoms. The van der Waals surface area contributed by atoms with E-state index in [1.54, 1.807) is 24.3 Å². The Kier molecular flexibility index (Phi) is 4.97. The zero-order valence-corrected chi connectivity index (χ0v) is 16.5. The van der Waals surface area contributed by atoms with Crippen molar-refractivity contribution in [2.45, 2.75) is 43.9 Å². The molecule has 2 heterocycles.